The van der Waals surface area contributed by atoms with Crippen molar-refractivity contribution in [3.63, 3.8) is 0 Å². The third-order valence-electron chi connectivity index (χ3n) is 2.36. The number of aromatic amines is 1. The zero-order valence-corrected chi connectivity index (χ0v) is 9.10. The molecule has 0 saturated carbocycles. The fourth-order valence-electron chi connectivity index (χ4n) is 1.46. The number of pyridine rings is 1. The fourth-order valence-corrected chi connectivity index (χ4v) is 1.46. The van der Waals surface area contributed by atoms with E-state index in [2.05, 4.69) is 15.3 Å². The van der Waals surface area contributed by atoms with Crippen LogP contribution in [0.5, 0.6) is 0 Å². The van der Waals surface area contributed by atoms with Crippen LogP contribution in [0.2, 0.25) is 0 Å². The molecule has 0 saturated heterocycles. The van der Waals surface area contributed by atoms with Crippen LogP contribution >= 0.6 is 0 Å². The molecule has 2 aromatic rings. The van der Waals surface area contributed by atoms with Crippen LogP contribution in [0.4, 0.5) is 5.69 Å². The zero-order valence-electron chi connectivity index (χ0n) is 9.10. The molecule has 0 fully saturated rings. The number of nitrogens with one attached hydrogen (secondary N) is 2. The minimum absolute atomic E-state index is 0.0228. The summed E-state index contributed by atoms with van der Waals surface area (Å²) in [5.41, 5.74) is 1.96. The summed E-state index contributed by atoms with van der Waals surface area (Å²) in [6, 6.07) is 3.35. The molecule has 0 atom stereocenters. The van der Waals surface area contributed by atoms with Gasteiger partial charge in [-0.05, 0) is 13.0 Å². The summed E-state index contributed by atoms with van der Waals surface area (Å²) >= 11 is 0. The van der Waals surface area contributed by atoms with Gasteiger partial charge in [-0.1, -0.05) is 0 Å². The predicted octanol–water partition coefficient (Wildman–Crippen LogP) is 1.20. The van der Waals surface area contributed by atoms with E-state index in [0.29, 0.717) is 13.1 Å². The summed E-state index contributed by atoms with van der Waals surface area (Å²) in [4.78, 5) is 18.3. The molecular formula is C11H14N4O. The minimum atomic E-state index is 0.0228. The largest absolute Gasteiger partial charge is 0.378 e. The van der Waals surface area contributed by atoms with Gasteiger partial charge in [0.15, 0.2) is 0 Å². The Labute approximate surface area is 93.2 Å². The van der Waals surface area contributed by atoms with E-state index >= 15 is 0 Å². The Morgan fingerprint density at radius 2 is 2.38 bits per heavy atom. The maximum Gasteiger partial charge on any atom is 0.250 e. The lowest BCUT2D eigenvalue weighted by Gasteiger charge is -2.07. The lowest BCUT2D eigenvalue weighted by molar-refractivity contribution is 0.727. The van der Waals surface area contributed by atoms with Gasteiger partial charge < -0.3 is 14.9 Å². The molecule has 0 amide bonds. The topological polar surface area (TPSA) is 62.7 Å². The lowest BCUT2D eigenvalue weighted by atomic mass is 10.3. The number of nitrogens with zero attached hydrogens (tertiary/aromatic N) is 2. The number of aromatic nitrogens is 3. The maximum atomic E-state index is 11.4. The molecule has 2 aromatic heterocycles. The molecule has 5 nitrogen and oxygen atoms in total. The van der Waals surface area contributed by atoms with Crippen LogP contribution in [-0.4, -0.2) is 14.5 Å². The van der Waals surface area contributed by atoms with Gasteiger partial charge in [0.1, 0.15) is 0 Å². The summed E-state index contributed by atoms with van der Waals surface area (Å²) in [6.07, 6.45) is 5.23. The summed E-state index contributed by atoms with van der Waals surface area (Å²) in [5, 5.41) is 3.22. The van der Waals surface area contributed by atoms with Crippen molar-refractivity contribution >= 4 is 5.69 Å². The van der Waals surface area contributed by atoms with E-state index in [1.807, 2.05) is 13.1 Å². The molecule has 0 unspecified atom stereocenters. The average molecular weight is 218 g/mol. The standard InChI is InChI=1S/C11H14N4O/c1-2-15-7-9(3-4-11(15)16)13-6-10-5-12-8-14-10/h3-5,7-8,13H,2,6H2,1H3,(H,12,14). The number of hydrogen-bond donors (Lipinski definition) is 2. The second-order valence-corrected chi connectivity index (χ2v) is 3.47. The van der Waals surface area contributed by atoms with E-state index in [1.165, 1.54) is 0 Å². The Bertz CT molecular complexity index is 501. The zero-order chi connectivity index (χ0) is 11.4. The highest BCUT2D eigenvalue weighted by Crippen LogP contribution is 2.05. The third-order valence-corrected chi connectivity index (χ3v) is 2.36. The van der Waals surface area contributed by atoms with Crippen molar-refractivity contribution in [2.45, 2.75) is 20.0 Å². The van der Waals surface area contributed by atoms with Crippen molar-refractivity contribution in [3.8, 4) is 0 Å². The van der Waals surface area contributed by atoms with Crippen molar-refractivity contribution in [2.24, 2.45) is 0 Å². The van der Waals surface area contributed by atoms with E-state index in [0.717, 1.165) is 11.4 Å². The van der Waals surface area contributed by atoms with Crippen LogP contribution in [0, 0.1) is 0 Å². The van der Waals surface area contributed by atoms with Crippen molar-refractivity contribution in [2.75, 3.05) is 5.32 Å². The van der Waals surface area contributed by atoms with Gasteiger partial charge in [0, 0.05) is 25.0 Å². The molecule has 0 radical (unpaired) electrons. The van der Waals surface area contributed by atoms with Gasteiger partial charge in [0.25, 0.3) is 5.56 Å². The van der Waals surface area contributed by atoms with Gasteiger partial charge in [-0.2, -0.15) is 0 Å². The van der Waals surface area contributed by atoms with Crippen LogP contribution in [0.1, 0.15) is 12.6 Å². The smallest absolute Gasteiger partial charge is 0.250 e. The molecule has 0 spiro atoms. The summed E-state index contributed by atoms with van der Waals surface area (Å²) in [5.74, 6) is 0. The van der Waals surface area contributed by atoms with Crippen LogP contribution in [0.15, 0.2) is 35.6 Å². The molecule has 2 N–H and O–H groups in total. The first kappa shape index (κ1) is 10.5. The highest BCUT2D eigenvalue weighted by Gasteiger charge is 1.97. The van der Waals surface area contributed by atoms with E-state index in [4.69, 9.17) is 0 Å². The number of rotatable bonds is 4. The number of H-pyrrole nitrogens is 1. The molecule has 16 heavy (non-hydrogen) atoms. The van der Waals surface area contributed by atoms with E-state index in [9.17, 15) is 4.79 Å². The molecule has 0 aliphatic carbocycles. The summed E-state index contributed by atoms with van der Waals surface area (Å²) in [7, 11) is 0. The lowest BCUT2D eigenvalue weighted by Crippen LogP contribution is -2.17. The van der Waals surface area contributed by atoms with Gasteiger partial charge >= 0.3 is 0 Å². The quantitative estimate of drug-likeness (QED) is 0.810. The van der Waals surface area contributed by atoms with Crippen LogP contribution < -0.4 is 10.9 Å². The minimum Gasteiger partial charge on any atom is -0.378 e. The first-order chi connectivity index (χ1) is 7.79. The number of anilines is 1. The molecule has 0 aliphatic rings. The van der Waals surface area contributed by atoms with E-state index < -0.39 is 0 Å². The summed E-state index contributed by atoms with van der Waals surface area (Å²) < 4.78 is 1.66. The highest BCUT2D eigenvalue weighted by atomic mass is 16.1. The van der Waals surface area contributed by atoms with Gasteiger partial charge in [0.2, 0.25) is 0 Å². The highest BCUT2D eigenvalue weighted by molar-refractivity contribution is 5.40. The third kappa shape index (κ3) is 2.31. The Morgan fingerprint density at radius 3 is 3.06 bits per heavy atom. The van der Waals surface area contributed by atoms with Crippen LogP contribution in [0.3, 0.4) is 0 Å². The monoisotopic (exact) mass is 218 g/mol. The molecule has 0 aromatic carbocycles. The molecular weight excluding hydrogens is 204 g/mol. The van der Waals surface area contributed by atoms with Crippen LogP contribution in [-0.2, 0) is 13.1 Å². The Morgan fingerprint density at radius 1 is 1.50 bits per heavy atom. The number of imidazole rings is 1. The average Bonchev–Trinajstić information content (AvgIpc) is 2.81. The Balaban J connectivity index is 2.07. The number of aryl methyl sites for hydroxylation is 1. The van der Waals surface area contributed by atoms with Gasteiger partial charge in [-0.15, -0.1) is 0 Å². The van der Waals surface area contributed by atoms with Crippen molar-refractivity contribution in [3.05, 3.63) is 46.9 Å². The molecule has 0 aliphatic heterocycles. The van der Waals surface area contributed by atoms with Gasteiger partial charge in [-0.3, -0.25) is 4.79 Å². The normalized spacial score (nSPS) is 10.3. The van der Waals surface area contributed by atoms with Crippen molar-refractivity contribution in [1.29, 1.82) is 0 Å². The van der Waals surface area contributed by atoms with Gasteiger partial charge in [0.05, 0.1) is 24.3 Å². The van der Waals surface area contributed by atoms with E-state index in [-0.39, 0.29) is 5.56 Å². The molecule has 84 valence electrons. The Hall–Kier alpha value is -2.04. The first-order valence-electron chi connectivity index (χ1n) is 5.21. The Kier molecular flexibility index (Phi) is 3.05. The number of hydrogen-bond acceptors (Lipinski definition) is 3. The second kappa shape index (κ2) is 4.65. The molecule has 2 heterocycles. The fraction of sp³-hybridized carbons (Fsp3) is 0.273. The predicted molar refractivity (Wildman–Crippen MR) is 62.3 cm³/mol. The molecule has 5 heteroatoms. The SMILES string of the molecule is CCn1cc(NCc2cnc[nH]2)ccc1=O. The van der Waals surface area contributed by atoms with Crippen LogP contribution in [0.25, 0.3) is 0 Å². The summed E-state index contributed by atoms with van der Waals surface area (Å²) in [6.45, 7) is 3.29. The van der Waals surface area contributed by atoms with Crippen molar-refractivity contribution in [1.82, 2.24) is 14.5 Å². The van der Waals surface area contributed by atoms with Gasteiger partial charge in [-0.25, -0.2) is 4.98 Å². The maximum absolute atomic E-state index is 11.4. The van der Waals surface area contributed by atoms with Crippen molar-refractivity contribution < 1.29 is 0 Å². The molecule has 0 bridgehead atoms. The van der Waals surface area contributed by atoms with E-state index in [1.54, 1.807) is 29.2 Å². The second-order valence-electron chi connectivity index (χ2n) is 3.47. The first-order valence-corrected chi connectivity index (χ1v) is 5.21. The molecule has 2 rings (SSSR count).